The molecule has 1 heterocycles. The van der Waals surface area contributed by atoms with Crippen LogP contribution in [0.15, 0.2) is 54.6 Å². The number of rotatable bonds is 4. The van der Waals surface area contributed by atoms with Crippen molar-refractivity contribution >= 4 is 17.7 Å². The molecule has 0 saturated carbocycles. The van der Waals surface area contributed by atoms with Crippen molar-refractivity contribution in [1.82, 2.24) is 4.90 Å². The number of ether oxygens (including phenoxy) is 1. The monoisotopic (exact) mass is 341 g/mol. The van der Waals surface area contributed by atoms with Gasteiger partial charge in [0.1, 0.15) is 5.75 Å². The quantitative estimate of drug-likeness (QED) is 0.843. The Morgan fingerprint density at radius 3 is 2.79 bits per heavy atom. The van der Waals surface area contributed by atoms with Gasteiger partial charge in [0.15, 0.2) is 0 Å². The van der Waals surface area contributed by atoms with E-state index in [9.17, 15) is 4.79 Å². The van der Waals surface area contributed by atoms with Crippen molar-refractivity contribution in [3.8, 4) is 5.75 Å². The zero-order chi connectivity index (χ0) is 16.8. The van der Waals surface area contributed by atoms with E-state index in [0.717, 1.165) is 36.6 Å². The van der Waals surface area contributed by atoms with Gasteiger partial charge in [0.2, 0.25) is 5.91 Å². The van der Waals surface area contributed by atoms with E-state index in [1.165, 1.54) is 5.56 Å². The molecule has 0 aromatic heterocycles. The molecule has 24 heavy (non-hydrogen) atoms. The van der Waals surface area contributed by atoms with Crippen LogP contribution in [0.3, 0.4) is 0 Å². The van der Waals surface area contributed by atoms with Gasteiger partial charge >= 0.3 is 0 Å². The molecule has 0 unspecified atom stereocenters. The Labute approximate surface area is 148 Å². The van der Waals surface area contributed by atoms with Gasteiger partial charge in [0, 0.05) is 24.1 Å². The smallest absolute Gasteiger partial charge is 0.227 e. The number of thioether (sulfide) groups is 1. The second kappa shape index (κ2) is 8.25. The number of amides is 1. The number of hydrogen-bond acceptors (Lipinski definition) is 3. The number of methoxy groups -OCH3 is 1. The van der Waals surface area contributed by atoms with Crippen molar-refractivity contribution in [3.63, 3.8) is 0 Å². The normalized spacial score (nSPS) is 18.0. The molecule has 1 saturated heterocycles. The van der Waals surface area contributed by atoms with Gasteiger partial charge in [-0.25, -0.2) is 0 Å². The summed E-state index contributed by atoms with van der Waals surface area (Å²) in [6, 6.07) is 18.4. The molecule has 1 aliphatic rings. The number of nitrogens with zero attached hydrogens (tertiary/aromatic N) is 1. The number of hydrogen-bond donors (Lipinski definition) is 0. The molecule has 0 aliphatic carbocycles. The summed E-state index contributed by atoms with van der Waals surface area (Å²) in [7, 11) is 1.65. The first-order valence-electron chi connectivity index (χ1n) is 8.33. The SMILES string of the molecule is COc1cccc(CC(=O)N2CCS[C@@H](c3ccccc3)CC2)c1. The summed E-state index contributed by atoms with van der Waals surface area (Å²) in [6.07, 6.45) is 1.45. The third-order valence-electron chi connectivity index (χ3n) is 4.36. The maximum absolute atomic E-state index is 12.6. The van der Waals surface area contributed by atoms with Crippen molar-refractivity contribution in [2.75, 3.05) is 26.0 Å². The Morgan fingerprint density at radius 2 is 2.00 bits per heavy atom. The average molecular weight is 341 g/mol. The Hall–Kier alpha value is -1.94. The van der Waals surface area contributed by atoms with Gasteiger partial charge in [0.25, 0.3) is 0 Å². The predicted octanol–water partition coefficient (Wildman–Crippen LogP) is 3.94. The Kier molecular flexibility index (Phi) is 5.81. The van der Waals surface area contributed by atoms with Gasteiger partial charge < -0.3 is 9.64 Å². The molecule has 0 N–H and O–H groups in total. The molecule has 1 aliphatic heterocycles. The Morgan fingerprint density at radius 1 is 1.17 bits per heavy atom. The minimum Gasteiger partial charge on any atom is -0.497 e. The summed E-state index contributed by atoms with van der Waals surface area (Å²) < 4.78 is 5.24. The fourth-order valence-electron chi connectivity index (χ4n) is 3.02. The van der Waals surface area contributed by atoms with Crippen LogP contribution in [0.2, 0.25) is 0 Å². The first-order chi connectivity index (χ1) is 11.8. The Balaban J connectivity index is 1.60. The first-order valence-corrected chi connectivity index (χ1v) is 9.38. The van der Waals surface area contributed by atoms with Crippen LogP contribution in [0.25, 0.3) is 0 Å². The third-order valence-corrected chi connectivity index (χ3v) is 5.68. The van der Waals surface area contributed by atoms with E-state index in [4.69, 9.17) is 4.74 Å². The average Bonchev–Trinajstić information content (AvgIpc) is 2.89. The highest BCUT2D eigenvalue weighted by Crippen LogP contribution is 2.34. The van der Waals surface area contributed by atoms with Crippen LogP contribution >= 0.6 is 11.8 Å². The van der Waals surface area contributed by atoms with Crippen LogP contribution in [0, 0.1) is 0 Å². The lowest BCUT2D eigenvalue weighted by Crippen LogP contribution is -2.34. The summed E-state index contributed by atoms with van der Waals surface area (Å²) in [5, 5.41) is 0.487. The molecule has 3 nitrogen and oxygen atoms in total. The van der Waals surface area contributed by atoms with Crippen molar-refractivity contribution < 1.29 is 9.53 Å². The summed E-state index contributed by atoms with van der Waals surface area (Å²) >= 11 is 1.96. The minimum absolute atomic E-state index is 0.206. The van der Waals surface area contributed by atoms with Crippen molar-refractivity contribution in [2.24, 2.45) is 0 Å². The number of carbonyl (C=O) groups is 1. The highest BCUT2D eigenvalue weighted by Gasteiger charge is 2.22. The van der Waals surface area contributed by atoms with Crippen LogP contribution in [-0.2, 0) is 11.2 Å². The van der Waals surface area contributed by atoms with Crippen LogP contribution in [-0.4, -0.2) is 36.8 Å². The third kappa shape index (κ3) is 4.32. The molecule has 2 aromatic carbocycles. The Bertz CT molecular complexity index is 674. The fraction of sp³-hybridized carbons (Fsp3) is 0.350. The van der Waals surface area contributed by atoms with Crippen LogP contribution in [0.5, 0.6) is 5.75 Å². The van der Waals surface area contributed by atoms with Crippen molar-refractivity contribution in [3.05, 3.63) is 65.7 Å². The summed E-state index contributed by atoms with van der Waals surface area (Å²) in [6.45, 7) is 1.66. The zero-order valence-corrected chi connectivity index (χ0v) is 14.8. The lowest BCUT2D eigenvalue weighted by molar-refractivity contribution is -0.130. The van der Waals surface area contributed by atoms with E-state index in [1.54, 1.807) is 7.11 Å². The standard InChI is InChI=1S/C20H23NO2S/c1-23-18-9-5-6-16(14-18)15-20(22)21-11-10-19(24-13-12-21)17-7-3-2-4-8-17/h2-9,14,19H,10-13,15H2,1H3/t19-/m1/s1. The van der Waals surface area contributed by atoms with Gasteiger partial charge in [-0.15, -0.1) is 0 Å². The highest BCUT2D eigenvalue weighted by molar-refractivity contribution is 7.99. The van der Waals surface area contributed by atoms with Gasteiger partial charge in [-0.05, 0) is 29.7 Å². The molecule has 2 aromatic rings. The second-order valence-electron chi connectivity index (χ2n) is 5.97. The highest BCUT2D eigenvalue weighted by atomic mass is 32.2. The van der Waals surface area contributed by atoms with Crippen LogP contribution in [0.1, 0.15) is 22.8 Å². The van der Waals surface area contributed by atoms with Crippen LogP contribution < -0.4 is 4.74 Å². The van der Waals surface area contributed by atoms with Gasteiger partial charge in [-0.3, -0.25) is 4.79 Å². The van der Waals surface area contributed by atoms with E-state index < -0.39 is 0 Å². The topological polar surface area (TPSA) is 29.5 Å². The summed E-state index contributed by atoms with van der Waals surface area (Å²) in [5.41, 5.74) is 2.38. The zero-order valence-electron chi connectivity index (χ0n) is 14.0. The first kappa shape index (κ1) is 16.9. The molecule has 1 atom stereocenters. The molecule has 3 rings (SSSR count). The molecule has 0 bridgehead atoms. The summed E-state index contributed by atoms with van der Waals surface area (Å²) in [5.74, 6) is 2.00. The van der Waals surface area contributed by atoms with E-state index in [2.05, 4.69) is 30.3 Å². The van der Waals surface area contributed by atoms with Gasteiger partial charge in [0.05, 0.1) is 13.5 Å². The fourth-order valence-corrected chi connectivity index (χ4v) is 4.25. The predicted molar refractivity (Wildman–Crippen MR) is 99.5 cm³/mol. The molecule has 1 amide bonds. The van der Waals surface area contributed by atoms with E-state index in [-0.39, 0.29) is 5.91 Å². The minimum atomic E-state index is 0.206. The second-order valence-corrected chi connectivity index (χ2v) is 7.28. The molecular weight excluding hydrogens is 318 g/mol. The maximum Gasteiger partial charge on any atom is 0.227 e. The molecule has 1 fully saturated rings. The molecule has 0 radical (unpaired) electrons. The van der Waals surface area contributed by atoms with Gasteiger partial charge in [-0.1, -0.05) is 42.5 Å². The van der Waals surface area contributed by atoms with E-state index in [1.807, 2.05) is 40.9 Å². The number of carbonyl (C=O) groups excluding carboxylic acids is 1. The number of benzene rings is 2. The van der Waals surface area contributed by atoms with E-state index >= 15 is 0 Å². The van der Waals surface area contributed by atoms with Crippen molar-refractivity contribution in [1.29, 1.82) is 0 Å². The van der Waals surface area contributed by atoms with Gasteiger partial charge in [-0.2, -0.15) is 11.8 Å². The molecule has 0 spiro atoms. The molecule has 4 heteroatoms. The van der Waals surface area contributed by atoms with Crippen molar-refractivity contribution in [2.45, 2.75) is 18.1 Å². The maximum atomic E-state index is 12.6. The lowest BCUT2D eigenvalue weighted by Gasteiger charge is -2.20. The largest absolute Gasteiger partial charge is 0.497 e. The molecule has 126 valence electrons. The van der Waals surface area contributed by atoms with E-state index in [0.29, 0.717) is 11.7 Å². The lowest BCUT2D eigenvalue weighted by atomic mass is 10.1. The van der Waals surface area contributed by atoms with Crippen LogP contribution in [0.4, 0.5) is 0 Å². The molecular formula is C20H23NO2S. The summed E-state index contributed by atoms with van der Waals surface area (Å²) in [4.78, 5) is 14.6.